The van der Waals surface area contributed by atoms with Gasteiger partial charge in [-0.25, -0.2) is 9.40 Å². The smallest absolute Gasteiger partial charge is 0.218 e. The lowest BCUT2D eigenvalue weighted by Crippen LogP contribution is -2.34. The first-order chi connectivity index (χ1) is 13.6. The summed E-state index contributed by atoms with van der Waals surface area (Å²) in [4.78, 5) is 0. The van der Waals surface area contributed by atoms with E-state index in [4.69, 9.17) is 33.0 Å². The Morgan fingerprint density at radius 1 is 0.964 bits per heavy atom. The zero-order chi connectivity index (χ0) is 19.3. The van der Waals surface area contributed by atoms with Crippen LogP contribution in [0.25, 0.3) is 0 Å². The minimum Gasteiger partial charge on any atom is -0.464 e. The largest absolute Gasteiger partial charge is 0.464 e. The van der Waals surface area contributed by atoms with E-state index in [0.29, 0.717) is 22.0 Å². The molecule has 0 spiro atoms. The van der Waals surface area contributed by atoms with E-state index in [2.05, 4.69) is 0 Å². The molecule has 2 atom stereocenters. The van der Waals surface area contributed by atoms with E-state index in [1.807, 2.05) is 53.5 Å². The van der Waals surface area contributed by atoms with Crippen LogP contribution in [0.3, 0.4) is 0 Å². The minimum absolute atomic E-state index is 0.0590. The number of hydrogen-bond acceptors (Lipinski definition) is 3. The molecule has 3 aromatic carbocycles. The van der Waals surface area contributed by atoms with Crippen LogP contribution >= 0.6 is 23.2 Å². The van der Waals surface area contributed by atoms with Gasteiger partial charge < -0.3 is 4.74 Å². The van der Waals surface area contributed by atoms with Crippen LogP contribution < -0.4 is 4.74 Å². The SMILES string of the molecule is Fc1cccc(Cl)c1[C@H]1Oc2ccccc2[C@@H]2CC(c3ccc(Cl)cc3)=NN12. The second kappa shape index (κ2) is 6.80. The highest BCUT2D eigenvalue weighted by molar-refractivity contribution is 6.31. The number of halogens is 3. The molecule has 6 heteroatoms. The molecule has 0 amide bonds. The van der Waals surface area contributed by atoms with Crippen molar-refractivity contribution in [2.45, 2.75) is 18.7 Å². The van der Waals surface area contributed by atoms with E-state index in [-0.39, 0.29) is 6.04 Å². The fourth-order valence-electron chi connectivity index (χ4n) is 3.79. The number of fused-ring (bicyclic) bond motifs is 3. The molecule has 0 saturated carbocycles. The van der Waals surface area contributed by atoms with E-state index < -0.39 is 12.0 Å². The summed E-state index contributed by atoms with van der Waals surface area (Å²) in [5, 5.41) is 7.61. The Morgan fingerprint density at radius 2 is 1.75 bits per heavy atom. The predicted octanol–water partition coefficient (Wildman–Crippen LogP) is 6.37. The molecule has 3 aromatic rings. The maximum absolute atomic E-state index is 14.7. The average Bonchev–Trinajstić information content (AvgIpc) is 3.14. The highest BCUT2D eigenvalue weighted by Gasteiger charge is 2.42. The summed E-state index contributed by atoms with van der Waals surface area (Å²) < 4.78 is 20.8. The zero-order valence-electron chi connectivity index (χ0n) is 14.6. The van der Waals surface area contributed by atoms with Gasteiger partial charge in [-0.1, -0.05) is 59.6 Å². The normalized spacial score (nSPS) is 20.2. The van der Waals surface area contributed by atoms with Crippen LogP contribution in [-0.2, 0) is 0 Å². The highest BCUT2D eigenvalue weighted by Crippen LogP contribution is 2.48. The van der Waals surface area contributed by atoms with Gasteiger partial charge >= 0.3 is 0 Å². The number of ether oxygens (including phenoxy) is 1. The number of hydrogen-bond donors (Lipinski definition) is 0. The molecule has 0 bridgehead atoms. The minimum atomic E-state index is -0.738. The molecule has 28 heavy (non-hydrogen) atoms. The molecule has 3 nitrogen and oxygen atoms in total. The molecule has 0 aromatic heterocycles. The van der Waals surface area contributed by atoms with Gasteiger partial charge in [0.15, 0.2) is 0 Å². The molecule has 2 aliphatic heterocycles. The molecule has 0 unspecified atom stereocenters. The molecule has 0 saturated heterocycles. The number of para-hydroxylation sites is 1. The summed E-state index contributed by atoms with van der Waals surface area (Å²) >= 11 is 12.4. The molecule has 140 valence electrons. The van der Waals surface area contributed by atoms with Crippen LogP contribution in [0, 0.1) is 5.82 Å². The van der Waals surface area contributed by atoms with Gasteiger partial charge in [0.1, 0.15) is 11.6 Å². The third-order valence-corrected chi connectivity index (χ3v) is 5.70. The summed E-state index contributed by atoms with van der Waals surface area (Å²) in [7, 11) is 0. The fraction of sp³-hybridized carbons (Fsp3) is 0.136. The van der Waals surface area contributed by atoms with Crippen LogP contribution in [0.4, 0.5) is 4.39 Å². The van der Waals surface area contributed by atoms with Crippen molar-refractivity contribution < 1.29 is 9.13 Å². The van der Waals surface area contributed by atoms with Crippen molar-refractivity contribution in [3.05, 3.63) is 99.3 Å². The number of rotatable bonds is 2. The van der Waals surface area contributed by atoms with Crippen LogP contribution in [0.1, 0.15) is 35.4 Å². The Morgan fingerprint density at radius 3 is 2.54 bits per heavy atom. The van der Waals surface area contributed by atoms with Crippen LogP contribution in [0.15, 0.2) is 71.8 Å². The Balaban J connectivity index is 1.63. The first kappa shape index (κ1) is 17.5. The average molecular weight is 413 g/mol. The Bertz CT molecular complexity index is 1060. The quantitative estimate of drug-likeness (QED) is 0.487. The van der Waals surface area contributed by atoms with Crippen molar-refractivity contribution in [1.82, 2.24) is 5.01 Å². The second-order valence-corrected chi connectivity index (χ2v) is 7.64. The molecular weight excluding hydrogens is 398 g/mol. The van der Waals surface area contributed by atoms with Crippen molar-refractivity contribution in [3.8, 4) is 5.75 Å². The Kier molecular flexibility index (Phi) is 4.26. The van der Waals surface area contributed by atoms with Crippen molar-refractivity contribution in [2.24, 2.45) is 5.10 Å². The maximum Gasteiger partial charge on any atom is 0.218 e. The topological polar surface area (TPSA) is 24.8 Å². The van der Waals surface area contributed by atoms with Crippen molar-refractivity contribution in [1.29, 1.82) is 0 Å². The molecule has 2 aliphatic rings. The summed E-state index contributed by atoms with van der Waals surface area (Å²) in [6, 6.07) is 19.9. The Hall–Kier alpha value is -2.56. The van der Waals surface area contributed by atoms with Gasteiger partial charge in [0.25, 0.3) is 0 Å². The van der Waals surface area contributed by atoms with Crippen molar-refractivity contribution in [3.63, 3.8) is 0 Å². The molecule has 2 heterocycles. The van der Waals surface area contributed by atoms with Gasteiger partial charge in [0, 0.05) is 17.0 Å². The van der Waals surface area contributed by atoms with E-state index >= 15 is 0 Å². The van der Waals surface area contributed by atoms with Crippen molar-refractivity contribution >= 4 is 28.9 Å². The van der Waals surface area contributed by atoms with Crippen LogP contribution in [-0.4, -0.2) is 10.7 Å². The molecule has 0 N–H and O–H groups in total. The van der Waals surface area contributed by atoms with Gasteiger partial charge in [0.2, 0.25) is 6.23 Å². The van der Waals surface area contributed by atoms with Gasteiger partial charge in [-0.05, 0) is 35.9 Å². The lowest BCUT2D eigenvalue weighted by atomic mass is 9.96. The van der Waals surface area contributed by atoms with E-state index in [9.17, 15) is 4.39 Å². The summed E-state index contributed by atoms with van der Waals surface area (Å²) in [6.45, 7) is 0. The summed E-state index contributed by atoms with van der Waals surface area (Å²) in [6.07, 6.45) is -0.0525. The van der Waals surface area contributed by atoms with Crippen molar-refractivity contribution in [2.75, 3.05) is 0 Å². The molecule has 0 radical (unpaired) electrons. The van der Waals surface area contributed by atoms with Crippen LogP contribution in [0.5, 0.6) is 5.75 Å². The summed E-state index contributed by atoms with van der Waals surface area (Å²) in [5.41, 5.74) is 3.21. The van der Waals surface area contributed by atoms with Gasteiger partial charge in [-0.3, -0.25) is 0 Å². The van der Waals surface area contributed by atoms with Gasteiger partial charge in [0.05, 0.1) is 22.3 Å². The van der Waals surface area contributed by atoms with E-state index in [1.54, 1.807) is 12.1 Å². The van der Waals surface area contributed by atoms with Gasteiger partial charge in [-0.15, -0.1) is 0 Å². The summed E-state index contributed by atoms with van der Waals surface area (Å²) in [5.74, 6) is 0.311. The molecule has 0 aliphatic carbocycles. The molecular formula is C22H15Cl2FN2O. The third kappa shape index (κ3) is 2.84. The molecule has 0 fully saturated rings. The standard InChI is InChI=1S/C22H15Cl2FN2O/c23-14-10-8-13(9-11-14)18-12-19-15-4-1-2-7-20(15)28-22(27(19)26-18)21-16(24)5-3-6-17(21)25/h1-11,19,22H,12H2/t19-,22+/m0/s1. The first-order valence-electron chi connectivity index (χ1n) is 8.93. The third-order valence-electron chi connectivity index (χ3n) is 5.12. The lowest BCUT2D eigenvalue weighted by Gasteiger charge is -2.38. The number of nitrogens with zero attached hydrogens (tertiary/aromatic N) is 2. The lowest BCUT2D eigenvalue weighted by molar-refractivity contribution is -0.0211. The van der Waals surface area contributed by atoms with E-state index in [1.165, 1.54) is 6.07 Å². The Labute approximate surface area is 172 Å². The number of hydrazone groups is 1. The molecule has 5 rings (SSSR count). The predicted molar refractivity (Wildman–Crippen MR) is 108 cm³/mol. The highest BCUT2D eigenvalue weighted by atomic mass is 35.5. The maximum atomic E-state index is 14.7. The van der Waals surface area contributed by atoms with Gasteiger partial charge in [-0.2, -0.15) is 5.10 Å². The first-order valence-corrected chi connectivity index (χ1v) is 9.68. The second-order valence-electron chi connectivity index (χ2n) is 6.80. The number of benzene rings is 3. The fourth-order valence-corrected chi connectivity index (χ4v) is 4.17. The van der Waals surface area contributed by atoms with Crippen LogP contribution in [0.2, 0.25) is 10.0 Å². The monoisotopic (exact) mass is 412 g/mol. The zero-order valence-corrected chi connectivity index (χ0v) is 16.2. The van der Waals surface area contributed by atoms with E-state index in [0.717, 1.165) is 22.6 Å².